The highest BCUT2D eigenvalue weighted by Gasteiger charge is 2.11. The van der Waals surface area contributed by atoms with Crippen LogP contribution >= 0.6 is 0 Å². The third-order valence-corrected chi connectivity index (χ3v) is 3.81. The number of hydrogen-bond donors (Lipinski definition) is 1. The van der Waals surface area contributed by atoms with Crippen molar-refractivity contribution in [1.29, 1.82) is 0 Å². The van der Waals surface area contributed by atoms with E-state index in [1.807, 2.05) is 54.6 Å². The molecule has 25 heavy (non-hydrogen) atoms. The molecular weight excluding hydrogens is 316 g/mol. The number of nitrogens with zero attached hydrogens (tertiary/aromatic N) is 1. The van der Waals surface area contributed by atoms with Crippen LogP contribution in [0.3, 0.4) is 0 Å². The minimum Gasteiger partial charge on any atom is -0.444 e. The van der Waals surface area contributed by atoms with Crippen molar-refractivity contribution in [2.24, 2.45) is 0 Å². The molecule has 0 aliphatic rings. The summed E-state index contributed by atoms with van der Waals surface area (Å²) in [5.74, 6) is 0.425. The van der Waals surface area contributed by atoms with E-state index in [1.54, 1.807) is 7.11 Å². The molecule has 5 heteroatoms. The molecule has 2 aromatic carbocycles. The molecule has 128 valence electrons. The maximum absolute atomic E-state index is 12.2. The summed E-state index contributed by atoms with van der Waals surface area (Å²) in [6.45, 7) is 0.984. The van der Waals surface area contributed by atoms with E-state index < -0.39 is 0 Å². The molecule has 5 nitrogen and oxygen atoms in total. The number of carbonyl (C=O) groups excluding carboxylic acids is 1. The first-order valence-electron chi connectivity index (χ1n) is 8.08. The zero-order valence-electron chi connectivity index (χ0n) is 14.1. The smallest absolute Gasteiger partial charge is 0.226 e. The molecule has 0 bridgehead atoms. The van der Waals surface area contributed by atoms with Crippen LogP contribution in [0.1, 0.15) is 16.8 Å². The largest absolute Gasteiger partial charge is 0.444 e. The Morgan fingerprint density at radius 1 is 1.08 bits per heavy atom. The van der Waals surface area contributed by atoms with Crippen molar-refractivity contribution in [2.45, 2.75) is 19.6 Å². The van der Waals surface area contributed by atoms with Gasteiger partial charge >= 0.3 is 0 Å². The number of amides is 1. The van der Waals surface area contributed by atoms with Crippen LogP contribution in [-0.2, 0) is 29.1 Å². The monoisotopic (exact) mass is 336 g/mol. The van der Waals surface area contributed by atoms with Gasteiger partial charge in [-0.3, -0.25) is 4.79 Å². The average molecular weight is 336 g/mol. The molecule has 0 aliphatic carbocycles. The fourth-order valence-corrected chi connectivity index (χ4v) is 2.55. The molecular formula is C20H20N2O3. The topological polar surface area (TPSA) is 64.4 Å². The van der Waals surface area contributed by atoms with Crippen molar-refractivity contribution in [2.75, 3.05) is 7.11 Å². The summed E-state index contributed by atoms with van der Waals surface area (Å²) in [5.41, 5.74) is 3.62. The number of carbonyl (C=O) groups is 1. The standard InChI is InChI=1S/C20H20N2O3/c1-24-13-17-10-6-5-9-16(17)12-21-19(23)11-18-14-25-20(22-18)15-7-3-2-4-8-15/h2-10,14H,11-13H2,1H3,(H,21,23). The first-order chi connectivity index (χ1) is 12.3. The lowest BCUT2D eigenvalue weighted by atomic mass is 10.1. The quantitative estimate of drug-likeness (QED) is 0.719. The van der Waals surface area contributed by atoms with Gasteiger partial charge in [0, 0.05) is 19.2 Å². The van der Waals surface area contributed by atoms with Gasteiger partial charge in [0.2, 0.25) is 11.8 Å². The van der Waals surface area contributed by atoms with E-state index in [1.165, 1.54) is 6.26 Å². The minimum absolute atomic E-state index is 0.0971. The summed E-state index contributed by atoms with van der Waals surface area (Å²) in [7, 11) is 1.66. The first kappa shape index (κ1) is 16.9. The van der Waals surface area contributed by atoms with Crippen LogP contribution in [-0.4, -0.2) is 18.0 Å². The predicted molar refractivity (Wildman–Crippen MR) is 94.6 cm³/mol. The molecule has 0 fully saturated rings. The third-order valence-electron chi connectivity index (χ3n) is 3.81. The van der Waals surface area contributed by atoms with Gasteiger partial charge in [-0.25, -0.2) is 4.98 Å². The molecule has 1 N–H and O–H groups in total. The lowest BCUT2D eigenvalue weighted by molar-refractivity contribution is -0.120. The van der Waals surface area contributed by atoms with Gasteiger partial charge in [-0.1, -0.05) is 42.5 Å². The number of ether oxygens (including phenoxy) is 1. The van der Waals surface area contributed by atoms with Crippen molar-refractivity contribution in [3.63, 3.8) is 0 Å². The Hall–Kier alpha value is -2.92. The van der Waals surface area contributed by atoms with Crippen LogP contribution in [0.15, 0.2) is 65.3 Å². The van der Waals surface area contributed by atoms with Crippen molar-refractivity contribution < 1.29 is 13.9 Å². The molecule has 3 aromatic rings. The van der Waals surface area contributed by atoms with E-state index in [9.17, 15) is 4.79 Å². The number of nitrogens with one attached hydrogen (secondary N) is 1. The minimum atomic E-state index is -0.0971. The van der Waals surface area contributed by atoms with Gasteiger partial charge in [0.25, 0.3) is 0 Å². The second kappa shape index (κ2) is 8.26. The van der Waals surface area contributed by atoms with Gasteiger partial charge in [-0.2, -0.15) is 0 Å². The second-order valence-electron chi connectivity index (χ2n) is 5.67. The van der Waals surface area contributed by atoms with E-state index >= 15 is 0 Å². The Morgan fingerprint density at radius 2 is 1.80 bits per heavy atom. The molecule has 0 unspecified atom stereocenters. The summed E-state index contributed by atoms with van der Waals surface area (Å²) < 4.78 is 10.6. The van der Waals surface area contributed by atoms with Crippen LogP contribution in [0.25, 0.3) is 11.5 Å². The van der Waals surface area contributed by atoms with Crippen LogP contribution in [0.5, 0.6) is 0 Å². The lowest BCUT2D eigenvalue weighted by Crippen LogP contribution is -2.25. The number of aromatic nitrogens is 1. The van der Waals surface area contributed by atoms with Crippen LogP contribution in [0, 0.1) is 0 Å². The van der Waals surface area contributed by atoms with Crippen molar-refractivity contribution in [3.8, 4) is 11.5 Å². The molecule has 0 radical (unpaired) electrons. The maximum Gasteiger partial charge on any atom is 0.226 e. The molecule has 1 heterocycles. The Bertz CT molecular complexity index is 828. The highest BCUT2D eigenvalue weighted by atomic mass is 16.5. The number of benzene rings is 2. The number of hydrogen-bond acceptors (Lipinski definition) is 4. The van der Waals surface area contributed by atoms with Gasteiger partial charge in [0.15, 0.2) is 0 Å². The highest BCUT2D eigenvalue weighted by Crippen LogP contribution is 2.18. The lowest BCUT2D eigenvalue weighted by Gasteiger charge is -2.09. The van der Waals surface area contributed by atoms with Gasteiger partial charge < -0.3 is 14.5 Å². The van der Waals surface area contributed by atoms with E-state index in [-0.39, 0.29) is 12.3 Å². The Morgan fingerprint density at radius 3 is 2.56 bits per heavy atom. The fraction of sp³-hybridized carbons (Fsp3) is 0.200. The van der Waals surface area contributed by atoms with E-state index in [0.717, 1.165) is 16.7 Å². The SMILES string of the molecule is COCc1ccccc1CNC(=O)Cc1coc(-c2ccccc2)n1. The third kappa shape index (κ3) is 4.55. The molecule has 1 amide bonds. The van der Waals surface area contributed by atoms with E-state index in [2.05, 4.69) is 10.3 Å². The van der Waals surface area contributed by atoms with Gasteiger partial charge in [-0.15, -0.1) is 0 Å². The van der Waals surface area contributed by atoms with Gasteiger partial charge in [-0.05, 0) is 23.3 Å². The van der Waals surface area contributed by atoms with Crippen molar-refractivity contribution >= 4 is 5.91 Å². The Kier molecular flexibility index (Phi) is 5.59. The molecule has 0 aliphatic heterocycles. The number of oxazole rings is 1. The second-order valence-corrected chi connectivity index (χ2v) is 5.67. The molecule has 0 atom stereocenters. The maximum atomic E-state index is 12.2. The van der Waals surface area contributed by atoms with Crippen LogP contribution < -0.4 is 5.32 Å². The normalized spacial score (nSPS) is 10.6. The Balaban J connectivity index is 1.58. The predicted octanol–water partition coefficient (Wildman–Crippen LogP) is 3.35. The van der Waals surface area contributed by atoms with Gasteiger partial charge in [0.05, 0.1) is 18.7 Å². The first-order valence-corrected chi connectivity index (χ1v) is 8.08. The Labute approximate surface area is 146 Å². The van der Waals surface area contributed by atoms with Crippen molar-refractivity contribution in [3.05, 3.63) is 77.7 Å². The molecule has 0 saturated heterocycles. The highest BCUT2D eigenvalue weighted by molar-refractivity contribution is 5.78. The summed E-state index contributed by atoms with van der Waals surface area (Å²) in [4.78, 5) is 16.6. The van der Waals surface area contributed by atoms with E-state index in [0.29, 0.717) is 24.7 Å². The summed E-state index contributed by atoms with van der Waals surface area (Å²) in [5, 5.41) is 2.92. The molecule has 0 spiro atoms. The molecule has 0 saturated carbocycles. The molecule has 1 aromatic heterocycles. The summed E-state index contributed by atoms with van der Waals surface area (Å²) >= 11 is 0. The zero-order valence-corrected chi connectivity index (χ0v) is 14.1. The number of methoxy groups -OCH3 is 1. The van der Waals surface area contributed by atoms with E-state index in [4.69, 9.17) is 9.15 Å². The van der Waals surface area contributed by atoms with Crippen LogP contribution in [0.4, 0.5) is 0 Å². The molecule has 3 rings (SSSR count). The average Bonchev–Trinajstić information content (AvgIpc) is 3.10. The van der Waals surface area contributed by atoms with Gasteiger partial charge in [0.1, 0.15) is 6.26 Å². The summed E-state index contributed by atoms with van der Waals surface area (Å²) in [6.07, 6.45) is 1.71. The fourth-order valence-electron chi connectivity index (χ4n) is 2.55. The van der Waals surface area contributed by atoms with Crippen LogP contribution in [0.2, 0.25) is 0 Å². The summed E-state index contributed by atoms with van der Waals surface area (Å²) in [6, 6.07) is 17.5. The number of rotatable bonds is 7. The zero-order chi connectivity index (χ0) is 17.5. The van der Waals surface area contributed by atoms with Crippen molar-refractivity contribution in [1.82, 2.24) is 10.3 Å².